The first-order valence-corrected chi connectivity index (χ1v) is 14.0. The van der Waals surface area contributed by atoms with Crippen molar-refractivity contribution in [1.29, 1.82) is 0 Å². The first-order chi connectivity index (χ1) is 15.9. The first kappa shape index (κ1) is 22.3. The van der Waals surface area contributed by atoms with Gasteiger partial charge in [-0.25, -0.2) is 21.8 Å². The minimum Gasteiger partial charge on any atom is -0.346 e. The van der Waals surface area contributed by atoms with Gasteiger partial charge < -0.3 is 4.98 Å². The summed E-state index contributed by atoms with van der Waals surface area (Å²) in [6.07, 6.45) is 8.90. The molecule has 4 heterocycles. The van der Waals surface area contributed by atoms with Crippen LogP contribution in [0.3, 0.4) is 0 Å². The van der Waals surface area contributed by atoms with E-state index in [1.165, 1.54) is 32.9 Å². The second kappa shape index (κ2) is 8.68. The molecule has 0 saturated carbocycles. The predicted octanol–water partition coefficient (Wildman–Crippen LogP) is 3.22. The summed E-state index contributed by atoms with van der Waals surface area (Å²) in [6, 6.07) is 9.49. The van der Waals surface area contributed by atoms with Crippen LogP contribution in [0.4, 0.5) is 0 Å². The van der Waals surface area contributed by atoms with Gasteiger partial charge >= 0.3 is 0 Å². The molecule has 1 N–H and O–H groups in total. The van der Waals surface area contributed by atoms with E-state index in [0.717, 1.165) is 41.4 Å². The Morgan fingerprint density at radius 1 is 0.818 bits per heavy atom. The molecule has 1 fully saturated rings. The molecule has 2 aliphatic heterocycles. The highest BCUT2D eigenvalue weighted by Crippen LogP contribution is 2.30. The van der Waals surface area contributed by atoms with E-state index in [1.54, 1.807) is 6.20 Å². The maximum atomic E-state index is 13.2. The summed E-state index contributed by atoms with van der Waals surface area (Å²) in [4.78, 5) is 7.71. The van der Waals surface area contributed by atoms with Crippen LogP contribution in [0.1, 0.15) is 31.2 Å². The number of benzene rings is 1. The van der Waals surface area contributed by atoms with E-state index in [9.17, 15) is 16.8 Å². The molecule has 174 valence electrons. The van der Waals surface area contributed by atoms with E-state index in [4.69, 9.17) is 0 Å². The van der Waals surface area contributed by atoms with Crippen molar-refractivity contribution in [1.82, 2.24) is 18.6 Å². The van der Waals surface area contributed by atoms with Gasteiger partial charge in [0, 0.05) is 49.5 Å². The third kappa shape index (κ3) is 4.12. The van der Waals surface area contributed by atoms with Crippen molar-refractivity contribution < 1.29 is 16.8 Å². The lowest BCUT2D eigenvalue weighted by Gasteiger charge is -2.27. The number of hydrogen-bond acceptors (Lipinski definition) is 5. The molecular formula is C23H26N4O4S2. The predicted molar refractivity (Wildman–Crippen MR) is 126 cm³/mol. The number of nitrogens with one attached hydrogen (secondary N) is 1. The zero-order valence-electron chi connectivity index (χ0n) is 18.1. The van der Waals surface area contributed by atoms with Gasteiger partial charge in [-0.2, -0.15) is 8.61 Å². The Kier molecular flexibility index (Phi) is 5.86. The van der Waals surface area contributed by atoms with Gasteiger partial charge in [0.25, 0.3) is 0 Å². The quantitative estimate of drug-likeness (QED) is 0.596. The Morgan fingerprint density at radius 2 is 1.48 bits per heavy atom. The Morgan fingerprint density at radius 3 is 2.12 bits per heavy atom. The monoisotopic (exact) mass is 486 g/mol. The van der Waals surface area contributed by atoms with Crippen LogP contribution in [-0.4, -0.2) is 61.6 Å². The van der Waals surface area contributed by atoms with Gasteiger partial charge in [0.2, 0.25) is 20.0 Å². The van der Waals surface area contributed by atoms with E-state index in [0.29, 0.717) is 26.1 Å². The number of hydrogen-bond donors (Lipinski definition) is 1. The van der Waals surface area contributed by atoms with Crippen LogP contribution in [0.2, 0.25) is 0 Å². The topological polar surface area (TPSA) is 103 Å². The SMILES string of the molecule is O=S(=O)(c1ccc(S(=O)(=O)N2CCCCC2)cc1)N1CC=C(c2c[nH]c3ncccc23)CC1. The minimum atomic E-state index is -3.72. The molecular weight excluding hydrogens is 460 g/mol. The summed E-state index contributed by atoms with van der Waals surface area (Å²) >= 11 is 0. The van der Waals surface area contributed by atoms with E-state index in [1.807, 2.05) is 24.4 Å². The zero-order valence-corrected chi connectivity index (χ0v) is 19.8. The molecule has 1 saturated heterocycles. The lowest BCUT2D eigenvalue weighted by molar-refractivity contribution is 0.346. The van der Waals surface area contributed by atoms with Crippen LogP contribution >= 0.6 is 0 Å². The third-order valence-corrected chi connectivity index (χ3v) is 10.2. The Hall–Kier alpha value is -2.53. The summed E-state index contributed by atoms with van der Waals surface area (Å²) in [5.41, 5.74) is 2.94. The van der Waals surface area contributed by atoms with Crippen LogP contribution in [0, 0.1) is 0 Å². The fourth-order valence-corrected chi connectivity index (χ4v) is 7.42. The molecule has 33 heavy (non-hydrogen) atoms. The number of aromatic nitrogens is 2. The zero-order chi connectivity index (χ0) is 23.1. The van der Waals surface area contributed by atoms with Crippen LogP contribution in [0.5, 0.6) is 0 Å². The molecule has 2 aliphatic rings. The average molecular weight is 487 g/mol. The number of pyridine rings is 1. The maximum absolute atomic E-state index is 13.2. The molecule has 0 radical (unpaired) electrons. The first-order valence-electron chi connectivity index (χ1n) is 11.1. The van der Waals surface area contributed by atoms with Crippen molar-refractivity contribution in [3.05, 3.63) is 60.4 Å². The van der Waals surface area contributed by atoms with E-state index < -0.39 is 20.0 Å². The molecule has 0 bridgehead atoms. The van der Waals surface area contributed by atoms with Crippen molar-refractivity contribution in [2.24, 2.45) is 0 Å². The molecule has 10 heteroatoms. The molecule has 3 aromatic rings. The van der Waals surface area contributed by atoms with Crippen molar-refractivity contribution in [2.75, 3.05) is 26.2 Å². The summed E-state index contributed by atoms with van der Waals surface area (Å²) < 4.78 is 54.9. The Bertz CT molecular complexity index is 1400. The van der Waals surface area contributed by atoms with Gasteiger partial charge in [0.05, 0.1) is 9.79 Å². The summed E-state index contributed by atoms with van der Waals surface area (Å²) in [5.74, 6) is 0. The van der Waals surface area contributed by atoms with Crippen molar-refractivity contribution in [3.8, 4) is 0 Å². The molecule has 2 aromatic heterocycles. The number of H-pyrrole nitrogens is 1. The Balaban J connectivity index is 1.34. The van der Waals surface area contributed by atoms with Crippen LogP contribution in [0.15, 0.2) is 64.7 Å². The van der Waals surface area contributed by atoms with E-state index >= 15 is 0 Å². The summed E-state index contributed by atoms with van der Waals surface area (Å²) in [7, 11) is -7.32. The van der Waals surface area contributed by atoms with Crippen molar-refractivity contribution in [2.45, 2.75) is 35.5 Å². The fraction of sp³-hybridized carbons (Fsp3) is 0.348. The summed E-state index contributed by atoms with van der Waals surface area (Å²) in [5, 5.41) is 1.02. The largest absolute Gasteiger partial charge is 0.346 e. The number of nitrogens with zero attached hydrogens (tertiary/aromatic N) is 3. The number of aromatic amines is 1. The Labute approximate surface area is 194 Å². The number of sulfonamides is 2. The van der Waals surface area contributed by atoms with E-state index in [2.05, 4.69) is 9.97 Å². The molecule has 1 aromatic carbocycles. The number of fused-ring (bicyclic) bond motifs is 1. The van der Waals surface area contributed by atoms with Gasteiger partial charge in [-0.1, -0.05) is 12.5 Å². The highest BCUT2D eigenvalue weighted by Gasteiger charge is 2.29. The molecule has 0 amide bonds. The van der Waals surface area contributed by atoms with Gasteiger partial charge in [0.15, 0.2) is 0 Å². The molecule has 8 nitrogen and oxygen atoms in total. The highest BCUT2D eigenvalue weighted by atomic mass is 32.2. The normalized spacial score (nSPS) is 19.0. The minimum absolute atomic E-state index is 0.105. The van der Waals surface area contributed by atoms with Gasteiger partial charge in [-0.3, -0.25) is 0 Å². The highest BCUT2D eigenvalue weighted by molar-refractivity contribution is 7.89. The maximum Gasteiger partial charge on any atom is 0.243 e. The van der Waals surface area contributed by atoms with Crippen LogP contribution < -0.4 is 0 Å². The van der Waals surface area contributed by atoms with Gasteiger partial charge in [-0.05, 0) is 61.2 Å². The number of rotatable bonds is 5. The second-order valence-corrected chi connectivity index (χ2v) is 12.3. The molecule has 0 unspecified atom stereocenters. The second-order valence-electron chi connectivity index (χ2n) is 8.38. The van der Waals surface area contributed by atoms with Crippen LogP contribution in [0.25, 0.3) is 16.6 Å². The molecule has 0 spiro atoms. The van der Waals surface area contributed by atoms with Crippen LogP contribution in [-0.2, 0) is 20.0 Å². The van der Waals surface area contributed by atoms with Gasteiger partial charge in [0.1, 0.15) is 5.65 Å². The van der Waals surface area contributed by atoms with E-state index in [-0.39, 0.29) is 16.3 Å². The van der Waals surface area contributed by atoms with Gasteiger partial charge in [-0.15, -0.1) is 0 Å². The molecule has 0 atom stereocenters. The average Bonchev–Trinajstić information content (AvgIpc) is 3.29. The fourth-order valence-electron chi connectivity index (χ4n) is 4.52. The lowest BCUT2D eigenvalue weighted by Crippen LogP contribution is -2.36. The smallest absolute Gasteiger partial charge is 0.243 e. The molecule has 5 rings (SSSR count). The lowest BCUT2D eigenvalue weighted by atomic mass is 10.0. The number of piperidine rings is 1. The molecule has 0 aliphatic carbocycles. The van der Waals surface area contributed by atoms with Crippen molar-refractivity contribution >= 4 is 36.7 Å². The third-order valence-electron chi connectivity index (χ3n) is 6.38. The van der Waals surface area contributed by atoms with Crippen molar-refractivity contribution in [3.63, 3.8) is 0 Å². The standard InChI is InChI=1S/C23H26N4O4S2/c28-32(29,26-13-2-1-3-14-26)19-6-8-20(9-7-19)33(30,31)27-15-10-18(11-16-27)22-17-25-23-21(22)5-4-12-24-23/h4-10,12,17H,1-3,11,13-16H2,(H,24,25). The summed E-state index contributed by atoms with van der Waals surface area (Å²) in [6.45, 7) is 1.64.